The average Bonchev–Trinajstić information content (AvgIpc) is 3.00. The fourth-order valence-corrected chi connectivity index (χ4v) is 3.38. The summed E-state index contributed by atoms with van der Waals surface area (Å²) in [5.74, 6) is 1.92. The van der Waals surface area contributed by atoms with Crippen LogP contribution in [0.25, 0.3) is 0 Å². The van der Waals surface area contributed by atoms with E-state index in [1.165, 1.54) is 12.0 Å². The molecular formula is C19H27N5O. The van der Waals surface area contributed by atoms with Gasteiger partial charge in [-0.25, -0.2) is 9.48 Å². The largest absolute Gasteiger partial charge is 0.324 e. The molecule has 0 radical (unpaired) electrons. The van der Waals surface area contributed by atoms with Crippen LogP contribution in [0.15, 0.2) is 30.3 Å². The van der Waals surface area contributed by atoms with Crippen molar-refractivity contribution in [1.29, 1.82) is 0 Å². The Bertz CT molecular complexity index is 689. The van der Waals surface area contributed by atoms with Gasteiger partial charge in [0, 0.05) is 19.6 Å². The summed E-state index contributed by atoms with van der Waals surface area (Å²) in [4.78, 5) is 18.6. The Morgan fingerprint density at radius 1 is 1.24 bits per heavy atom. The number of carbonyl (C=O) groups is 1. The molecule has 1 aromatic heterocycles. The van der Waals surface area contributed by atoms with E-state index in [4.69, 9.17) is 0 Å². The number of nitrogens with one attached hydrogen (secondary N) is 1. The average molecular weight is 341 g/mol. The van der Waals surface area contributed by atoms with Gasteiger partial charge in [-0.3, -0.25) is 5.32 Å². The van der Waals surface area contributed by atoms with Crippen LogP contribution in [-0.2, 0) is 13.0 Å². The number of hydrogen-bond acceptors (Lipinski definition) is 3. The minimum Gasteiger partial charge on any atom is -0.324 e. The normalized spacial score (nSPS) is 15.4. The van der Waals surface area contributed by atoms with Crippen molar-refractivity contribution in [2.24, 2.45) is 5.92 Å². The Morgan fingerprint density at radius 3 is 2.64 bits per heavy atom. The summed E-state index contributed by atoms with van der Waals surface area (Å²) in [5.41, 5.74) is 1.40. The van der Waals surface area contributed by atoms with Gasteiger partial charge in [0.15, 0.2) is 0 Å². The van der Waals surface area contributed by atoms with Gasteiger partial charge in [-0.15, -0.1) is 0 Å². The number of benzene rings is 1. The maximum Gasteiger partial charge on any atom is 0.324 e. The van der Waals surface area contributed by atoms with Gasteiger partial charge in [0.2, 0.25) is 5.95 Å². The van der Waals surface area contributed by atoms with Gasteiger partial charge < -0.3 is 4.90 Å². The van der Waals surface area contributed by atoms with E-state index in [9.17, 15) is 4.79 Å². The molecule has 2 amide bonds. The molecule has 1 aliphatic rings. The van der Waals surface area contributed by atoms with Gasteiger partial charge in [-0.1, -0.05) is 30.3 Å². The lowest BCUT2D eigenvalue weighted by molar-refractivity contribution is 0.179. The molecular weight excluding hydrogens is 314 g/mol. The molecule has 0 bridgehead atoms. The van der Waals surface area contributed by atoms with Crippen molar-refractivity contribution >= 4 is 12.0 Å². The molecule has 6 heteroatoms. The maximum atomic E-state index is 12.5. The van der Waals surface area contributed by atoms with Crippen LogP contribution in [-0.4, -0.2) is 38.8 Å². The summed E-state index contributed by atoms with van der Waals surface area (Å²) < 4.78 is 1.72. The summed E-state index contributed by atoms with van der Waals surface area (Å²) in [6.45, 7) is 6.13. The summed E-state index contributed by atoms with van der Waals surface area (Å²) >= 11 is 0. The van der Waals surface area contributed by atoms with Gasteiger partial charge >= 0.3 is 6.03 Å². The van der Waals surface area contributed by atoms with Crippen molar-refractivity contribution in [3.63, 3.8) is 0 Å². The molecule has 0 atom stereocenters. The van der Waals surface area contributed by atoms with Crippen molar-refractivity contribution in [2.75, 3.05) is 18.4 Å². The molecule has 2 heterocycles. The van der Waals surface area contributed by atoms with Gasteiger partial charge in [-0.05, 0) is 51.0 Å². The Labute approximate surface area is 149 Å². The predicted octanol–water partition coefficient (Wildman–Crippen LogP) is 3.48. The van der Waals surface area contributed by atoms with Gasteiger partial charge in [0.25, 0.3) is 0 Å². The molecule has 0 aliphatic carbocycles. The Hall–Kier alpha value is -2.37. The fraction of sp³-hybridized carbons (Fsp3) is 0.526. The van der Waals surface area contributed by atoms with Gasteiger partial charge in [0.1, 0.15) is 5.82 Å². The van der Waals surface area contributed by atoms with Crippen LogP contribution < -0.4 is 5.32 Å². The van der Waals surface area contributed by atoms with Gasteiger partial charge in [-0.2, -0.15) is 10.1 Å². The molecule has 134 valence electrons. The van der Waals surface area contributed by atoms with E-state index in [0.29, 0.717) is 24.2 Å². The Kier molecular flexibility index (Phi) is 5.68. The number of nitrogens with zero attached hydrogens (tertiary/aromatic N) is 4. The highest BCUT2D eigenvalue weighted by Crippen LogP contribution is 2.23. The Morgan fingerprint density at radius 2 is 1.96 bits per heavy atom. The number of aromatic nitrogens is 3. The van der Waals surface area contributed by atoms with E-state index in [2.05, 4.69) is 45.7 Å². The van der Waals surface area contributed by atoms with E-state index < -0.39 is 0 Å². The SMILES string of the molecule is CCn1nc(C)nc1NC(=O)N1CCC(CCc2ccccc2)CC1. The number of likely N-dealkylation sites (tertiary alicyclic amines) is 1. The summed E-state index contributed by atoms with van der Waals surface area (Å²) in [6.07, 6.45) is 4.46. The zero-order chi connectivity index (χ0) is 17.6. The number of rotatable bonds is 5. The third-order valence-electron chi connectivity index (χ3n) is 4.88. The molecule has 1 aromatic carbocycles. The standard InChI is InChI=1S/C19H27N5O/c1-3-24-18(20-15(2)22-24)21-19(25)23-13-11-17(12-14-23)10-9-16-7-5-4-6-8-16/h4-8,17H,3,9-14H2,1-2H3,(H,20,21,22,25). The van der Waals surface area contributed by atoms with E-state index in [1.54, 1.807) is 4.68 Å². The Balaban J connectivity index is 1.46. The molecule has 1 aliphatic heterocycles. The van der Waals surface area contributed by atoms with Crippen molar-refractivity contribution < 1.29 is 4.79 Å². The van der Waals surface area contributed by atoms with Crippen LogP contribution in [0, 0.1) is 12.8 Å². The molecule has 0 unspecified atom stereocenters. The van der Waals surface area contributed by atoms with E-state index in [-0.39, 0.29) is 6.03 Å². The van der Waals surface area contributed by atoms with Crippen LogP contribution in [0.2, 0.25) is 0 Å². The minimum absolute atomic E-state index is 0.0661. The number of urea groups is 1. The summed E-state index contributed by atoms with van der Waals surface area (Å²) in [5, 5.41) is 7.17. The topological polar surface area (TPSA) is 63.1 Å². The second-order valence-electron chi connectivity index (χ2n) is 6.68. The first-order valence-corrected chi connectivity index (χ1v) is 9.17. The quantitative estimate of drug-likeness (QED) is 0.905. The van der Waals surface area contributed by atoms with E-state index in [0.717, 1.165) is 32.4 Å². The lowest BCUT2D eigenvalue weighted by Gasteiger charge is -2.31. The zero-order valence-corrected chi connectivity index (χ0v) is 15.1. The minimum atomic E-state index is -0.0661. The first kappa shape index (κ1) is 17.5. The first-order chi connectivity index (χ1) is 12.2. The number of carbonyl (C=O) groups excluding carboxylic acids is 1. The lowest BCUT2D eigenvalue weighted by atomic mass is 9.91. The zero-order valence-electron chi connectivity index (χ0n) is 15.1. The molecule has 2 aromatic rings. The molecule has 1 saturated heterocycles. The van der Waals surface area contributed by atoms with Crippen LogP contribution in [0.3, 0.4) is 0 Å². The fourth-order valence-electron chi connectivity index (χ4n) is 3.38. The molecule has 1 fully saturated rings. The molecule has 6 nitrogen and oxygen atoms in total. The van der Waals surface area contributed by atoms with Crippen LogP contribution in [0.4, 0.5) is 10.7 Å². The second-order valence-corrected chi connectivity index (χ2v) is 6.68. The summed E-state index contributed by atoms with van der Waals surface area (Å²) in [7, 11) is 0. The van der Waals surface area contributed by atoms with Crippen molar-refractivity contribution in [1.82, 2.24) is 19.7 Å². The predicted molar refractivity (Wildman–Crippen MR) is 98.5 cm³/mol. The van der Waals surface area contributed by atoms with Gasteiger partial charge in [0.05, 0.1) is 0 Å². The van der Waals surface area contributed by atoms with Crippen molar-refractivity contribution in [2.45, 2.75) is 46.1 Å². The van der Waals surface area contributed by atoms with E-state index in [1.807, 2.05) is 18.7 Å². The van der Waals surface area contributed by atoms with Crippen molar-refractivity contribution in [3.8, 4) is 0 Å². The molecule has 3 rings (SSSR count). The van der Waals surface area contributed by atoms with Crippen LogP contribution in [0.5, 0.6) is 0 Å². The highest BCUT2D eigenvalue weighted by molar-refractivity contribution is 5.87. The van der Waals surface area contributed by atoms with Crippen LogP contribution >= 0.6 is 0 Å². The second kappa shape index (κ2) is 8.14. The van der Waals surface area contributed by atoms with E-state index >= 15 is 0 Å². The summed E-state index contributed by atoms with van der Waals surface area (Å²) in [6, 6.07) is 10.6. The van der Waals surface area contributed by atoms with Crippen LogP contribution in [0.1, 0.15) is 37.6 Å². The van der Waals surface area contributed by atoms with Crippen molar-refractivity contribution in [3.05, 3.63) is 41.7 Å². The number of amides is 2. The third-order valence-corrected chi connectivity index (χ3v) is 4.88. The number of aryl methyl sites for hydroxylation is 3. The molecule has 0 spiro atoms. The number of piperidine rings is 1. The highest BCUT2D eigenvalue weighted by atomic mass is 16.2. The number of hydrogen-bond donors (Lipinski definition) is 1. The first-order valence-electron chi connectivity index (χ1n) is 9.17. The molecule has 0 saturated carbocycles. The molecule has 25 heavy (non-hydrogen) atoms. The molecule has 1 N–H and O–H groups in total. The third kappa shape index (κ3) is 4.59. The monoisotopic (exact) mass is 341 g/mol. The maximum absolute atomic E-state index is 12.5. The smallest absolute Gasteiger partial charge is 0.324 e. The number of anilines is 1. The highest BCUT2D eigenvalue weighted by Gasteiger charge is 2.23. The lowest BCUT2D eigenvalue weighted by Crippen LogP contribution is -2.41.